The lowest BCUT2D eigenvalue weighted by atomic mass is 9.98. The molecule has 1 nitrogen and oxygen atoms in total. The van der Waals surface area contributed by atoms with E-state index in [2.05, 4.69) is 0 Å². The largest absolute Gasteiger partial charge is 0.419 e. The van der Waals surface area contributed by atoms with Gasteiger partial charge in [0.2, 0.25) is 0 Å². The fourth-order valence-corrected chi connectivity index (χ4v) is 3.06. The molecular weight excluding hydrogens is 290 g/mol. The van der Waals surface area contributed by atoms with E-state index >= 15 is 0 Å². The summed E-state index contributed by atoms with van der Waals surface area (Å²) in [5, 5.41) is 0. The molecule has 1 heterocycles. The van der Waals surface area contributed by atoms with Crippen LogP contribution >= 0.6 is 11.3 Å². The Labute approximate surface area is 118 Å². The smallest absolute Gasteiger partial charge is 0.320 e. The Bertz CT molecular complexity index is 631. The molecule has 0 spiro atoms. The average Bonchev–Trinajstić information content (AvgIpc) is 2.66. The van der Waals surface area contributed by atoms with E-state index in [0.717, 1.165) is 27.5 Å². The van der Waals surface area contributed by atoms with Crippen LogP contribution in [0.2, 0.25) is 0 Å². The molecule has 1 aromatic heterocycles. The zero-order chi connectivity index (χ0) is 15.1. The second-order valence-corrected chi connectivity index (χ2v) is 6.04. The van der Waals surface area contributed by atoms with Gasteiger partial charge in [-0.1, -0.05) is 6.07 Å². The van der Waals surface area contributed by atoms with Crippen molar-refractivity contribution >= 4 is 11.3 Å². The van der Waals surface area contributed by atoms with Crippen LogP contribution in [0, 0.1) is 19.7 Å². The van der Waals surface area contributed by atoms with Crippen LogP contribution in [-0.2, 0) is 6.18 Å². The summed E-state index contributed by atoms with van der Waals surface area (Å²) in [4.78, 5) is 1.99. The van der Waals surface area contributed by atoms with Crippen LogP contribution < -0.4 is 5.73 Å². The predicted molar refractivity (Wildman–Crippen MR) is 71.2 cm³/mol. The molecule has 2 aromatic rings. The highest BCUT2D eigenvalue weighted by Gasteiger charge is 2.34. The first kappa shape index (κ1) is 15.0. The number of alkyl halides is 3. The Balaban J connectivity index is 2.46. The molecular formula is C14H13F4NS. The van der Waals surface area contributed by atoms with Gasteiger partial charge in [-0.15, -0.1) is 11.3 Å². The fourth-order valence-electron chi connectivity index (χ4n) is 2.09. The molecule has 0 aliphatic rings. The fraction of sp³-hybridized carbons (Fsp3) is 0.286. The maximum atomic E-state index is 13.3. The topological polar surface area (TPSA) is 26.0 Å². The van der Waals surface area contributed by atoms with E-state index < -0.39 is 23.6 Å². The van der Waals surface area contributed by atoms with Crippen molar-refractivity contribution in [1.82, 2.24) is 0 Å². The summed E-state index contributed by atoms with van der Waals surface area (Å²) in [6.45, 7) is 3.76. The second-order valence-electron chi connectivity index (χ2n) is 4.58. The van der Waals surface area contributed by atoms with Crippen LogP contribution in [0.25, 0.3) is 0 Å². The summed E-state index contributed by atoms with van der Waals surface area (Å²) in [7, 11) is 0. The van der Waals surface area contributed by atoms with Gasteiger partial charge in [0.15, 0.2) is 0 Å². The first-order valence-electron chi connectivity index (χ1n) is 5.89. The molecule has 0 radical (unpaired) electrons. The van der Waals surface area contributed by atoms with Crippen molar-refractivity contribution in [1.29, 1.82) is 0 Å². The third-order valence-electron chi connectivity index (χ3n) is 3.07. The van der Waals surface area contributed by atoms with Crippen LogP contribution in [0.4, 0.5) is 17.6 Å². The van der Waals surface area contributed by atoms with Gasteiger partial charge in [0, 0.05) is 9.75 Å². The number of nitrogens with two attached hydrogens (primary N) is 1. The minimum atomic E-state index is -4.72. The summed E-state index contributed by atoms with van der Waals surface area (Å²) in [5.74, 6) is -1.29. The molecule has 0 aliphatic carbocycles. The van der Waals surface area contributed by atoms with E-state index in [0.29, 0.717) is 0 Å². The zero-order valence-corrected chi connectivity index (χ0v) is 11.7. The van der Waals surface area contributed by atoms with Gasteiger partial charge in [0.25, 0.3) is 0 Å². The van der Waals surface area contributed by atoms with Crippen LogP contribution in [0.15, 0.2) is 24.3 Å². The number of aryl methyl sites for hydroxylation is 2. The molecule has 1 aromatic carbocycles. The highest BCUT2D eigenvalue weighted by atomic mass is 32.1. The quantitative estimate of drug-likeness (QED) is 0.808. The first-order chi connectivity index (χ1) is 9.20. The number of halogens is 4. The van der Waals surface area contributed by atoms with E-state index in [1.54, 1.807) is 0 Å². The van der Waals surface area contributed by atoms with Crippen molar-refractivity contribution < 1.29 is 17.6 Å². The molecule has 0 saturated heterocycles. The normalized spacial score (nSPS) is 13.6. The molecule has 2 N–H and O–H groups in total. The molecule has 0 bridgehead atoms. The van der Waals surface area contributed by atoms with Gasteiger partial charge in [0.1, 0.15) is 5.82 Å². The number of benzene rings is 1. The molecule has 1 unspecified atom stereocenters. The number of thiophene rings is 1. The minimum absolute atomic E-state index is 0.250. The Morgan fingerprint density at radius 1 is 1.15 bits per heavy atom. The zero-order valence-electron chi connectivity index (χ0n) is 10.9. The van der Waals surface area contributed by atoms with Crippen molar-refractivity contribution in [3.8, 4) is 0 Å². The lowest BCUT2D eigenvalue weighted by Gasteiger charge is -2.15. The number of rotatable bonds is 2. The first-order valence-corrected chi connectivity index (χ1v) is 6.71. The predicted octanol–water partition coefficient (Wildman–Crippen LogP) is 4.57. The molecule has 0 amide bonds. The maximum Gasteiger partial charge on any atom is 0.419 e. The van der Waals surface area contributed by atoms with Crippen molar-refractivity contribution in [3.63, 3.8) is 0 Å². The van der Waals surface area contributed by atoms with Gasteiger partial charge < -0.3 is 5.73 Å². The van der Waals surface area contributed by atoms with Gasteiger partial charge in [-0.3, -0.25) is 0 Å². The maximum absolute atomic E-state index is 13.3. The van der Waals surface area contributed by atoms with Crippen molar-refractivity contribution in [2.75, 3.05) is 0 Å². The Hall–Kier alpha value is -1.40. The van der Waals surface area contributed by atoms with Gasteiger partial charge in [0.05, 0.1) is 11.6 Å². The van der Waals surface area contributed by atoms with Crippen molar-refractivity contribution in [2.45, 2.75) is 26.1 Å². The second kappa shape index (κ2) is 5.18. The Morgan fingerprint density at radius 3 is 2.30 bits per heavy atom. The summed E-state index contributed by atoms with van der Waals surface area (Å²) in [6, 6.07) is 4.05. The number of hydrogen-bond donors (Lipinski definition) is 1. The monoisotopic (exact) mass is 303 g/mol. The molecule has 2 rings (SSSR count). The molecule has 108 valence electrons. The third kappa shape index (κ3) is 2.86. The highest BCUT2D eigenvalue weighted by Crippen LogP contribution is 2.35. The van der Waals surface area contributed by atoms with Gasteiger partial charge in [-0.25, -0.2) is 4.39 Å². The molecule has 20 heavy (non-hydrogen) atoms. The SMILES string of the molecule is Cc1cc(C(N)c2ccc(F)c(C(F)(F)F)c2)c(C)s1. The third-order valence-corrected chi connectivity index (χ3v) is 4.05. The summed E-state index contributed by atoms with van der Waals surface area (Å²) < 4.78 is 51.4. The molecule has 1 atom stereocenters. The minimum Gasteiger partial charge on any atom is -0.320 e. The molecule has 0 fully saturated rings. The Morgan fingerprint density at radius 2 is 1.80 bits per heavy atom. The van der Waals surface area contributed by atoms with E-state index in [1.807, 2.05) is 19.9 Å². The van der Waals surface area contributed by atoms with Crippen molar-refractivity contribution in [2.24, 2.45) is 5.73 Å². The lowest BCUT2D eigenvalue weighted by molar-refractivity contribution is -0.140. The van der Waals surface area contributed by atoms with Gasteiger partial charge in [-0.2, -0.15) is 13.2 Å². The molecule has 0 saturated carbocycles. The van der Waals surface area contributed by atoms with Gasteiger partial charge >= 0.3 is 6.18 Å². The average molecular weight is 303 g/mol. The van der Waals surface area contributed by atoms with Gasteiger partial charge in [-0.05, 0) is 43.2 Å². The van der Waals surface area contributed by atoms with E-state index in [-0.39, 0.29) is 5.56 Å². The summed E-state index contributed by atoms with van der Waals surface area (Å²) in [5.41, 5.74) is 5.75. The number of hydrogen-bond acceptors (Lipinski definition) is 2. The molecule has 6 heteroatoms. The van der Waals surface area contributed by atoms with Crippen LogP contribution in [0.1, 0.15) is 32.5 Å². The summed E-state index contributed by atoms with van der Waals surface area (Å²) >= 11 is 1.53. The highest BCUT2D eigenvalue weighted by molar-refractivity contribution is 7.12. The Kier molecular flexibility index (Phi) is 3.88. The van der Waals surface area contributed by atoms with Crippen LogP contribution in [-0.4, -0.2) is 0 Å². The van der Waals surface area contributed by atoms with E-state index in [1.165, 1.54) is 17.4 Å². The van der Waals surface area contributed by atoms with Crippen molar-refractivity contribution in [3.05, 3.63) is 56.5 Å². The van der Waals surface area contributed by atoms with Crippen LogP contribution in [0.5, 0.6) is 0 Å². The summed E-state index contributed by atoms with van der Waals surface area (Å²) in [6.07, 6.45) is -4.72. The van der Waals surface area contributed by atoms with E-state index in [4.69, 9.17) is 5.73 Å². The lowest BCUT2D eigenvalue weighted by Crippen LogP contribution is -2.15. The molecule has 0 aliphatic heterocycles. The van der Waals surface area contributed by atoms with Crippen LogP contribution in [0.3, 0.4) is 0 Å². The standard InChI is InChI=1S/C14H13F4NS/c1-7-5-10(8(2)20-7)13(19)9-3-4-12(15)11(6-9)14(16,17)18/h3-6,13H,19H2,1-2H3. The van der Waals surface area contributed by atoms with E-state index in [9.17, 15) is 17.6 Å².